The van der Waals surface area contributed by atoms with Crippen LogP contribution in [-0.2, 0) is 6.54 Å². The Kier molecular flexibility index (Phi) is 5.28. The average Bonchev–Trinajstić information content (AvgIpc) is 2.83. The fourth-order valence-electron chi connectivity index (χ4n) is 1.81. The van der Waals surface area contributed by atoms with Gasteiger partial charge in [0, 0.05) is 27.5 Å². The van der Waals surface area contributed by atoms with Crippen molar-refractivity contribution < 1.29 is 4.74 Å². The SMILES string of the molecule is COc1ccc(Br)cc1CNC(C)c1ccc(Cl)s1. The summed E-state index contributed by atoms with van der Waals surface area (Å²) in [6, 6.07) is 10.3. The number of rotatable bonds is 5. The van der Waals surface area contributed by atoms with Crippen LogP contribution in [0.15, 0.2) is 34.8 Å². The zero-order valence-corrected chi connectivity index (χ0v) is 13.9. The largest absolute Gasteiger partial charge is 0.496 e. The van der Waals surface area contributed by atoms with Gasteiger partial charge in [0.25, 0.3) is 0 Å². The molecule has 0 fully saturated rings. The van der Waals surface area contributed by atoms with Gasteiger partial charge >= 0.3 is 0 Å². The van der Waals surface area contributed by atoms with Gasteiger partial charge in [-0.05, 0) is 37.3 Å². The van der Waals surface area contributed by atoms with Crippen molar-refractivity contribution in [3.05, 3.63) is 49.6 Å². The Morgan fingerprint density at radius 2 is 2.16 bits per heavy atom. The molecule has 1 aromatic heterocycles. The first kappa shape index (κ1) is 14.9. The summed E-state index contributed by atoms with van der Waals surface area (Å²) in [5.74, 6) is 0.895. The number of thiophene rings is 1. The van der Waals surface area contributed by atoms with E-state index in [1.54, 1.807) is 18.4 Å². The maximum absolute atomic E-state index is 5.95. The molecule has 0 aliphatic rings. The molecule has 1 heterocycles. The number of ether oxygens (including phenoxy) is 1. The van der Waals surface area contributed by atoms with Gasteiger partial charge in [-0.1, -0.05) is 27.5 Å². The lowest BCUT2D eigenvalue weighted by Gasteiger charge is -2.14. The number of hydrogen-bond acceptors (Lipinski definition) is 3. The molecule has 1 unspecified atom stereocenters. The summed E-state index contributed by atoms with van der Waals surface area (Å²) in [6.45, 7) is 2.88. The zero-order chi connectivity index (χ0) is 13.8. The van der Waals surface area contributed by atoms with Gasteiger partial charge < -0.3 is 10.1 Å². The molecule has 5 heteroatoms. The van der Waals surface area contributed by atoms with Crippen molar-refractivity contribution >= 4 is 38.9 Å². The van der Waals surface area contributed by atoms with Gasteiger partial charge in [-0.25, -0.2) is 0 Å². The zero-order valence-electron chi connectivity index (χ0n) is 10.7. The lowest BCUT2D eigenvalue weighted by molar-refractivity contribution is 0.406. The Labute approximate surface area is 130 Å². The highest BCUT2D eigenvalue weighted by Crippen LogP contribution is 2.28. The lowest BCUT2D eigenvalue weighted by Crippen LogP contribution is -2.17. The van der Waals surface area contributed by atoms with Gasteiger partial charge in [-0.15, -0.1) is 11.3 Å². The molecule has 0 aliphatic carbocycles. The van der Waals surface area contributed by atoms with Crippen molar-refractivity contribution in [2.24, 2.45) is 0 Å². The molecule has 1 atom stereocenters. The standard InChI is InChI=1S/C14H15BrClNOS/c1-9(13-5-6-14(16)19-13)17-8-10-7-11(15)3-4-12(10)18-2/h3-7,9,17H,8H2,1-2H3. The first-order valence-electron chi connectivity index (χ1n) is 5.91. The van der Waals surface area contributed by atoms with Crippen LogP contribution in [0, 0.1) is 0 Å². The van der Waals surface area contributed by atoms with Crippen LogP contribution >= 0.6 is 38.9 Å². The molecule has 0 saturated carbocycles. The van der Waals surface area contributed by atoms with E-state index < -0.39 is 0 Å². The second-order valence-corrected chi connectivity index (χ2v) is 6.86. The summed E-state index contributed by atoms with van der Waals surface area (Å²) >= 11 is 11.0. The highest BCUT2D eigenvalue weighted by Gasteiger charge is 2.09. The molecule has 0 radical (unpaired) electrons. The van der Waals surface area contributed by atoms with Crippen LogP contribution in [0.5, 0.6) is 5.75 Å². The normalized spacial score (nSPS) is 12.4. The van der Waals surface area contributed by atoms with E-state index in [0.29, 0.717) is 0 Å². The van der Waals surface area contributed by atoms with E-state index in [-0.39, 0.29) is 6.04 Å². The topological polar surface area (TPSA) is 21.3 Å². The number of benzene rings is 1. The van der Waals surface area contributed by atoms with Crippen LogP contribution in [-0.4, -0.2) is 7.11 Å². The molecule has 19 heavy (non-hydrogen) atoms. The number of halogens is 2. The monoisotopic (exact) mass is 359 g/mol. The average molecular weight is 361 g/mol. The highest BCUT2D eigenvalue weighted by atomic mass is 79.9. The Hall–Kier alpha value is -0.550. The van der Waals surface area contributed by atoms with Gasteiger partial charge in [-0.3, -0.25) is 0 Å². The Morgan fingerprint density at radius 3 is 2.79 bits per heavy atom. The smallest absolute Gasteiger partial charge is 0.123 e. The minimum atomic E-state index is 0.265. The van der Waals surface area contributed by atoms with E-state index in [2.05, 4.69) is 40.3 Å². The molecule has 0 bridgehead atoms. The Morgan fingerprint density at radius 1 is 1.37 bits per heavy atom. The van der Waals surface area contributed by atoms with Crippen molar-refractivity contribution in [1.29, 1.82) is 0 Å². The second-order valence-electron chi connectivity index (χ2n) is 4.20. The molecule has 0 amide bonds. The van der Waals surface area contributed by atoms with E-state index in [9.17, 15) is 0 Å². The number of nitrogens with one attached hydrogen (secondary N) is 1. The van der Waals surface area contributed by atoms with Crippen LogP contribution in [0.3, 0.4) is 0 Å². The van der Waals surface area contributed by atoms with Crippen LogP contribution in [0.25, 0.3) is 0 Å². The molecule has 2 aromatic rings. The molecule has 0 aliphatic heterocycles. The molecular formula is C14H15BrClNOS. The molecule has 0 spiro atoms. The molecule has 2 rings (SSSR count). The molecular weight excluding hydrogens is 346 g/mol. The van der Waals surface area contributed by atoms with E-state index in [4.69, 9.17) is 16.3 Å². The Balaban J connectivity index is 2.04. The van der Waals surface area contributed by atoms with Crippen LogP contribution < -0.4 is 10.1 Å². The fourth-order valence-corrected chi connectivity index (χ4v) is 3.31. The third-order valence-electron chi connectivity index (χ3n) is 2.86. The highest BCUT2D eigenvalue weighted by molar-refractivity contribution is 9.10. The third kappa shape index (κ3) is 3.96. The summed E-state index contributed by atoms with van der Waals surface area (Å²) in [5.41, 5.74) is 1.13. The molecule has 0 saturated heterocycles. The van der Waals surface area contributed by atoms with Crippen LogP contribution in [0.2, 0.25) is 4.34 Å². The van der Waals surface area contributed by atoms with Crippen LogP contribution in [0.1, 0.15) is 23.4 Å². The fraction of sp³-hybridized carbons (Fsp3) is 0.286. The first-order valence-corrected chi connectivity index (χ1v) is 7.90. The maximum Gasteiger partial charge on any atom is 0.123 e. The summed E-state index contributed by atoms with van der Waals surface area (Å²) in [5, 5.41) is 3.48. The summed E-state index contributed by atoms with van der Waals surface area (Å²) in [6.07, 6.45) is 0. The quantitative estimate of drug-likeness (QED) is 0.808. The van der Waals surface area contributed by atoms with Crippen molar-refractivity contribution in [3.8, 4) is 5.75 Å². The van der Waals surface area contributed by atoms with E-state index in [1.165, 1.54) is 4.88 Å². The predicted octanol–water partition coefficient (Wildman–Crippen LogP) is 5.02. The molecule has 1 aromatic carbocycles. The van der Waals surface area contributed by atoms with Crippen molar-refractivity contribution in [2.75, 3.05) is 7.11 Å². The minimum Gasteiger partial charge on any atom is -0.496 e. The lowest BCUT2D eigenvalue weighted by atomic mass is 10.2. The second kappa shape index (κ2) is 6.75. The first-order chi connectivity index (χ1) is 9.10. The Bertz CT molecular complexity index is 558. The third-order valence-corrected chi connectivity index (χ3v) is 4.77. The van der Waals surface area contributed by atoms with E-state index in [1.807, 2.05) is 18.2 Å². The van der Waals surface area contributed by atoms with Gasteiger partial charge in [0.1, 0.15) is 5.75 Å². The minimum absolute atomic E-state index is 0.265. The number of methoxy groups -OCH3 is 1. The van der Waals surface area contributed by atoms with Gasteiger partial charge in [0.15, 0.2) is 0 Å². The number of hydrogen-bond donors (Lipinski definition) is 1. The predicted molar refractivity (Wildman–Crippen MR) is 85.3 cm³/mol. The van der Waals surface area contributed by atoms with Crippen molar-refractivity contribution in [2.45, 2.75) is 19.5 Å². The maximum atomic E-state index is 5.95. The molecule has 102 valence electrons. The van der Waals surface area contributed by atoms with Crippen LogP contribution in [0.4, 0.5) is 0 Å². The van der Waals surface area contributed by atoms with Gasteiger partial charge in [0.05, 0.1) is 11.4 Å². The summed E-state index contributed by atoms with van der Waals surface area (Å²) < 4.78 is 7.24. The van der Waals surface area contributed by atoms with Crippen molar-refractivity contribution in [1.82, 2.24) is 5.32 Å². The van der Waals surface area contributed by atoms with Crippen molar-refractivity contribution in [3.63, 3.8) is 0 Å². The summed E-state index contributed by atoms with van der Waals surface area (Å²) in [7, 11) is 1.69. The molecule has 2 nitrogen and oxygen atoms in total. The van der Waals surface area contributed by atoms with E-state index >= 15 is 0 Å². The van der Waals surface area contributed by atoms with E-state index in [0.717, 1.165) is 26.7 Å². The van der Waals surface area contributed by atoms with Gasteiger partial charge in [0.2, 0.25) is 0 Å². The summed E-state index contributed by atoms with van der Waals surface area (Å²) in [4.78, 5) is 1.24. The van der Waals surface area contributed by atoms with Gasteiger partial charge in [-0.2, -0.15) is 0 Å². The molecule has 1 N–H and O–H groups in total.